The van der Waals surface area contributed by atoms with Gasteiger partial charge in [0.2, 0.25) is 15.9 Å². The fourth-order valence-corrected chi connectivity index (χ4v) is 2.16. The van der Waals surface area contributed by atoms with E-state index in [1.807, 2.05) is 6.92 Å². The molecule has 1 rings (SSSR count). The molecule has 0 spiro atoms. The highest BCUT2D eigenvalue weighted by Gasteiger charge is 2.08. The summed E-state index contributed by atoms with van der Waals surface area (Å²) in [7, 11) is -3.71. The fourth-order valence-electron chi connectivity index (χ4n) is 1.42. The van der Waals surface area contributed by atoms with E-state index >= 15 is 0 Å². The minimum absolute atomic E-state index is 0.0148. The fraction of sp³-hybridized carbons (Fsp3) is 0.333. The predicted octanol–water partition coefficient (Wildman–Crippen LogP) is 1.34. The van der Waals surface area contributed by atoms with Crippen LogP contribution in [0.25, 0.3) is 0 Å². The normalized spacial score (nSPS) is 10.9. The van der Waals surface area contributed by atoms with Crippen LogP contribution in [0.2, 0.25) is 0 Å². The molecular weight excluding hydrogens is 298 g/mol. The Balaban J connectivity index is 2.57. The lowest BCUT2D eigenvalue weighted by Gasteiger charge is -2.09. The first-order chi connectivity index (χ1) is 9.32. The SMILES string of the molecule is CCCCC(=O)NC(=S)Nc1ccc(S(N)(=O)=O)cc1. The molecule has 0 heterocycles. The summed E-state index contributed by atoms with van der Waals surface area (Å²) < 4.78 is 22.2. The third-order valence-corrected chi connectivity index (χ3v) is 3.58. The molecule has 0 fully saturated rings. The standard InChI is InChI=1S/C12H17N3O3S2/c1-2-3-4-11(16)15-12(19)14-9-5-7-10(8-6-9)20(13,17)18/h5-8H,2-4H2,1H3,(H2,13,17,18)(H2,14,15,16,19). The van der Waals surface area contributed by atoms with E-state index in [9.17, 15) is 13.2 Å². The van der Waals surface area contributed by atoms with Gasteiger partial charge in [0.05, 0.1) is 4.90 Å². The lowest BCUT2D eigenvalue weighted by molar-refractivity contribution is -0.119. The van der Waals surface area contributed by atoms with Crippen LogP contribution >= 0.6 is 12.2 Å². The zero-order valence-electron chi connectivity index (χ0n) is 11.0. The zero-order valence-corrected chi connectivity index (χ0v) is 12.7. The van der Waals surface area contributed by atoms with Crippen LogP contribution in [0, 0.1) is 0 Å². The van der Waals surface area contributed by atoms with Crippen LogP contribution in [0.4, 0.5) is 5.69 Å². The van der Waals surface area contributed by atoms with Gasteiger partial charge in [-0.15, -0.1) is 0 Å². The maximum atomic E-state index is 11.5. The Morgan fingerprint density at radius 3 is 2.40 bits per heavy atom. The molecule has 0 saturated carbocycles. The molecule has 1 aromatic rings. The second-order valence-electron chi connectivity index (χ2n) is 4.18. The van der Waals surface area contributed by atoms with Gasteiger partial charge in [0, 0.05) is 12.1 Å². The van der Waals surface area contributed by atoms with Crippen molar-refractivity contribution in [2.75, 3.05) is 5.32 Å². The van der Waals surface area contributed by atoms with Crippen molar-refractivity contribution < 1.29 is 13.2 Å². The first kappa shape index (κ1) is 16.5. The van der Waals surface area contributed by atoms with Crippen molar-refractivity contribution in [3.05, 3.63) is 24.3 Å². The summed E-state index contributed by atoms with van der Waals surface area (Å²) in [5.74, 6) is -0.148. The summed E-state index contributed by atoms with van der Waals surface area (Å²) >= 11 is 4.98. The molecule has 110 valence electrons. The Bertz CT molecular complexity index is 582. The van der Waals surface area contributed by atoms with Crippen molar-refractivity contribution in [3.63, 3.8) is 0 Å². The van der Waals surface area contributed by atoms with E-state index in [2.05, 4.69) is 10.6 Å². The highest BCUT2D eigenvalue weighted by Crippen LogP contribution is 2.12. The number of benzene rings is 1. The minimum Gasteiger partial charge on any atom is -0.332 e. The van der Waals surface area contributed by atoms with Crippen molar-refractivity contribution in [3.8, 4) is 0 Å². The second-order valence-corrected chi connectivity index (χ2v) is 6.14. The van der Waals surface area contributed by atoms with Crippen LogP contribution in [0.5, 0.6) is 0 Å². The lowest BCUT2D eigenvalue weighted by atomic mass is 10.2. The van der Waals surface area contributed by atoms with Gasteiger partial charge in [-0.1, -0.05) is 13.3 Å². The molecule has 0 aliphatic carbocycles. The van der Waals surface area contributed by atoms with E-state index < -0.39 is 10.0 Å². The van der Waals surface area contributed by atoms with E-state index in [0.29, 0.717) is 12.1 Å². The number of unbranched alkanes of at least 4 members (excludes halogenated alkanes) is 1. The van der Waals surface area contributed by atoms with Crippen molar-refractivity contribution >= 4 is 38.9 Å². The molecule has 0 aliphatic rings. The molecule has 0 unspecified atom stereocenters. The quantitative estimate of drug-likeness (QED) is 0.712. The summed E-state index contributed by atoms with van der Waals surface area (Å²) in [4.78, 5) is 11.5. The van der Waals surface area contributed by atoms with Crippen LogP contribution in [0.15, 0.2) is 29.2 Å². The molecule has 0 aliphatic heterocycles. The first-order valence-electron chi connectivity index (χ1n) is 6.06. The number of carbonyl (C=O) groups excluding carboxylic acids is 1. The smallest absolute Gasteiger partial charge is 0.238 e. The van der Waals surface area contributed by atoms with Crippen molar-refractivity contribution in [2.24, 2.45) is 5.14 Å². The molecule has 1 amide bonds. The molecular formula is C12H17N3O3S2. The molecule has 0 bridgehead atoms. The van der Waals surface area contributed by atoms with Crippen LogP contribution in [0.1, 0.15) is 26.2 Å². The predicted molar refractivity (Wildman–Crippen MR) is 81.7 cm³/mol. The molecule has 0 saturated heterocycles. The van der Waals surface area contributed by atoms with E-state index in [4.69, 9.17) is 17.4 Å². The third kappa shape index (κ3) is 5.64. The monoisotopic (exact) mass is 315 g/mol. The molecule has 4 N–H and O–H groups in total. The number of anilines is 1. The Morgan fingerprint density at radius 2 is 1.90 bits per heavy atom. The van der Waals surface area contributed by atoms with Gasteiger partial charge in [0.25, 0.3) is 0 Å². The van der Waals surface area contributed by atoms with Gasteiger partial charge in [-0.2, -0.15) is 0 Å². The Morgan fingerprint density at radius 1 is 1.30 bits per heavy atom. The molecule has 0 radical (unpaired) electrons. The van der Waals surface area contributed by atoms with Crippen LogP contribution in [-0.4, -0.2) is 19.4 Å². The lowest BCUT2D eigenvalue weighted by Crippen LogP contribution is -2.33. The Labute approximate surface area is 123 Å². The molecule has 6 nitrogen and oxygen atoms in total. The summed E-state index contributed by atoms with van der Waals surface area (Å²) in [5.41, 5.74) is 0.568. The third-order valence-electron chi connectivity index (χ3n) is 2.45. The van der Waals surface area contributed by atoms with Crippen molar-refractivity contribution in [1.29, 1.82) is 0 Å². The van der Waals surface area contributed by atoms with Crippen molar-refractivity contribution in [2.45, 2.75) is 31.1 Å². The number of rotatable bonds is 5. The van der Waals surface area contributed by atoms with Gasteiger partial charge in [-0.25, -0.2) is 13.6 Å². The zero-order chi connectivity index (χ0) is 15.2. The molecule has 0 atom stereocenters. The number of amides is 1. The number of sulfonamides is 1. The average Bonchev–Trinajstić information content (AvgIpc) is 2.35. The summed E-state index contributed by atoms with van der Waals surface area (Å²) in [6.45, 7) is 2.00. The van der Waals surface area contributed by atoms with Gasteiger partial charge in [0.1, 0.15) is 0 Å². The van der Waals surface area contributed by atoms with E-state index in [1.165, 1.54) is 24.3 Å². The Hall–Kier alpha value is -1.51. The number of nitrogens with one attached hydrogen (secondary N) is 2. The van der Waals surface area contributed by atoms with E-state index in [-0.39, 0.29) is 15.9 Å². The van der Waals surface area contributed by atoms with Crippen molar-refractivity contribution in [1.82, 2.24) is 5.32 Å². The highest BCUT2D eigenvalue weighted by atomic mass is 32.2. The van der Waals surface area contributed by atoms with Gasteiger partial charge in [0.15, 0.2) is 5.11 Å². The van der Waals surface area contributed by atoms with E-state index in [1.54, 1.807) is 0 Å². The number of thiocarbonyl (C=S) groups is 1. The molecule has 1 aromatic carbocycles. The number of primary sulfonamides is 1. The van der Waals surface area contributed by atoms with Gasteiger partial charge in [-0.3, -0.25) is 4.79 Å². The highest BCUT2D eigenvalue weighted by molar-refractivity contribution is 7.89. The summed E-state index contributed by atoms with van der Waals surface area (Å²) in [5, 5.41) is 10.5. The van der Waals surface area contributed by atoms with Gasteiger partial charge < -0.3 is 10.6 Å². The largest absolute Gasteiger partial charge is 0.332 e. The summed E-state index contributed by atoms with van der Waals surface area (Å²) in [6.07, 6.45) is 2.16. The van der Waals surface area contributed by atoms with E-state index in [0.717, 1.165) is 12.8 Å². The Kier molecular flexibility index (Phi) is 6.05. The maximum Gasteiger partial charge on any atom is 0.238 e. The minimum atomic E-state index is -3.71. The average molecular weight is 315 g/mol. The number of hydrogen-bond donors (Lipinski definition) is 3. The van der Waals surface area contributed by atoms with Crippen LogP contribution < -0.4 is 15.8 Å². The summed E-state index contributed by atoms with van der Waals surface area (Å²) in [6, 6.07) is 5.76. The first-order valence-corrected chi connectivity index (χ1v) is 8.02. The number of carbonyl (C=O) groups is 1. The van der Waals surface area contributed by atoms with Gasteiger partial charge in [-0.05, 0) is 42.9 Å². The maximum absolute atomic E-state index is 11.5. The van der Waals surface area contributed by atoms with Crippen LogP contribution in [0.3, 0.4) is 0 Å². The number of nitrogens with two attached hydrogens (primary N) is 1. The van der Waals surface area contributed by atoms with Gasteiger partial charge >= 0.3 is 0 Å². The topological polar surface area (TPSA) is 101 Å². The molecule has 8 heteroatoms. The number of hydrogen-bond acceptors (Lipinski definition) is 4. The second kappa shape index (κ2) is 7.32. The van der Waals surface area contributed by atoms with Crippen LogP contribution in [-0.2, 0) is 14.8 Å². The molecule has 0 aromatic heterocycles. The molecule has 20 heavy (non-hydrogen) atoms.